The molecule has 0 aliphatic carbocycles. The minimum Gasteiger partial charge on any atom is -0.356 e. The smallest absolute Gasteiger partial charge is 0.223 e. The van der Waals surface area contributed by atoms with Crippen LogP contribution >= 0.6 is 0 Å². The molecule has 8 heteroatoms. The summed E-state index contributed by atoms with van der Waals surface area (Å²) in [6, 6.07) is 0. The summed E-state index contributed by atoms with van der Waals surface area (Å²) in [5.41, 5.74) is 1.91. The third kappa shape index (κ3) is 5.15. The molecule has 1 amide bonds. The second-order valence-corrected chi connectivity index (χ2v) is 10.3. The van der Waals surface area contributed by atoms with Gasteiger partial charge in [0.15, 0.2) is 17.0 Å². The molecule has 1 atom stereocenters. The average Bonchev–Trinajstić information content (AvgIpc) is 3.02. The van der Waals surface area contributed by atoms with Crippen LogP contribution in [0.25, 0.3) is 11.2 Å². The molecule has 5 heterocycles. The summed E-state index contributed by atoms with van der Waals surface area (Å²) in [5, 5.41) is 3.20. The quantitative estimate of drug-likeness (QED) is 0.678. The summed E-state index contributed by atoms with van der Waals surface area (Å²) in [6.45, 7) is 9.35. The summed E-state index contributed by atoms with van der Waals surface area (Å²) >= 11 is 0. The number of nitrogens with one attached hydrogen (secondary N) is 1. The van der Waals surface area contributed by atoms with Crippen LogP contribution in [0, 0.1) is 11.8 Å². The molecule has 2 saturated heterocycles. The first-order valence-electron chi connectivity index (χ1n) is 13.1. The van der Waals surface area contributed by atoms with Gasteiger partial charge in [0, 0.05) is 45.1 Å². The molecule has 0 aromatic carbocycles. The minimum absolute atomic E-state index is 0.104. The van der Waals surface area contributed by atoms with Gasteiger partial charge in [0.2, 0.25) is 5.91 Å². The van der Waals surface area contributed by atoms with Crippen LogP contribution in [-0.2, 0) is 17.8 Å². The first kappa shape index (κ1) is 22.6. The normalized spacial score (nSPS) is 22.8. The Bertz CT molecular complexity index is 950. The largest absolute Gasteiger partial charge is 0.356 e. The van der Waals surface area contributed by atoms with E-state index in [2.05, 4.69) is 36.6 Å². The lowest BCUT2D eigenvalue weighted by atomic mass is 9.96. The van der Waals surface area contributed by atoms with Gasteiger partial charge in [-0.1, -0.05) is 13.3 Å². The third-order valence-corrected chi connectivity index (χ3v) is 7.73. The van der Waals surface area contributed by atoms with Crippen LogP contribution in [-0.4, -0.2) is 69.6 Å². The molecule has 1 N–H and O–H groups in total. The van der Waals surface area contributed by atoms with Gasteiger partial charge in [-0.2, -0.15) is 0 Å². The van der Waals surface area contributed by atoms with E-state index in [1.54, 1.807) is 6.33 Å². The summed E-state index contributed by atoms with van der Waals surface area (Å²) in [7, 11) is 0. The fourth-order valence-corrected chi connectivity index (χ4v) is 5.86. The summed E-state index contributed by atoms with van der Waals surface area (Å²) in [5.74, 6) is 3.23. The number of aromatic nitrogens is 4. The molecule has 3 aliphatic heterocycles. The molecule has 180 valence electrons. The van der Waals surface area contributed by atoms with E-state index in [4.69, 9.17) is 4.98 Å². The van der Waals surface area contributed by atoms with Crippen LogP contribution in [0.4, 0.5) is 5.82 Å². The highest BCUT2D eigenvalue weighted by molar-refractivity contribution is 5.84. The van der Waals surface area contributed by atoms with Crippen molar-refractivity contribution in [1.82, 2.24) is 29.7 Å². The van der Waals surface area contributed by atoms with Gasteiger partial charge >= 0.3 is 0 Å². The summed E-state index contributed by atoms with van der Waals surface area (Å²) in [6.07, 6.45) is 11.8. The molecule has 33 heavy (non-hydrogen) atoms. The van der Waals surface area contributed by atoms with Crippen LogP contribution in [0.5, 0.6) is 0 Å². The average molecular weight is 454 g/mol. The third-order valence-electron chi connectivity index (χ3n) is 7.73. The molecule has 0 radical (unpaired) electrons. The van der Waals surface area contributed by atoms with Crippen LogP contribution in [0.15, 0.2) is 6.33 Å². The number of hydrogen-bond donors (Lipinski definition) is 1. The van der Waals surface area contributed by atoms with E-state index in [9.17, 15) is 4.79 Å². The Morgan fingerprint density at radius 3 is 2.79 bits per heavy atom. The van der Waals surface area contributed by atoms with Crippen LogP contribution in [0.3, 0.4) is 0 Å². The lowest BCUT2D eigenvalue weighted by Crippen LogP contribution is -2.42. The summed E-state index contributed by atoms with van der Waals surface area (Å²) < 4.78 is 2.29. The van der Waals surface area contributed by atoms with Crippen molar-refractivity contribution in [2.75, 3.05) is 44.2 Å². The van der Waals surface area contributed by atoms with E-state index in [0.717, 1.165) is 87.1 Å². The number of piperidine rings is 2. The predicted octanol–water partition coefficient (Wildman–Crippen LogP) is 3.01. The molecule has 0 saturated carbocycles. The highest BCUT2D eigenvalue weighted by Crippen LogP contribution is 2.29. The highest BCUT2D eigenvalue weighted by atomic mass is 16.1. The van der Waals surface area contributed by atoms with Gasteiger partial charge in [0.05, 0.1) is 0 Å². The number of nitrogens with zero attached hydrogens (tertiary/aromatic N) is 6. The van der Waals surface area contributed by atoms with Gasteiger partial charge in [0.1, 0.15) is 12.2 Å². The second-order valence-electron chi connectivity index (χ2n) is 10.3. The molecule has 8 nitrogen and oxygen atoms in total. The van der Waals surface area contributed by atoms with Crippen LogP contribution in [0.1, 0.15) is 64.1 Å². The zero-order chi connectivity index (χ0) is 22.6. The molecular weight excluding hydrogens is 414 g/mol. The van der Waals surface area contributed by atoms with Crippen molar-refractivity contribution in [2.45, 2.75) is 71.3 Å². The maximum absolute atomic E-state index is 12.7. The molecule has 3 aliphatic rings. The number of imidazole rings is 1. The predicted molar refractivity (Wildman–Crippen MR) is 130 cm³/mol. The van der Waals surface area contributed by atoms with Gasteiger partial charge in [-0.05, 0) is 64.0 Å². The SMILES string of the molecule is CC1CCCN(CCCNC(=O)C2CCN(c3ncnc4c3nc3n4CCCCC3)CC2)C1. The minimum atomic E-state index is 0.104. The number of rotatable bonds is 6. The first-order valence-corrected chi connectivity index (χ1v) is 13.1. The monoisotopic (exact) mass is 453 g/mol. The fraction of sp³-hybridized carbons (Fsp3) is 0.760. The van der Waals surface area contributed by atoms with Crippen molar-refractivity contribution in [3.8, 4) is 0 Å². The Morgan fingerprint density at radius 2 is 1.94 bits per heavy atom. The number of hydrogen-bond acceptors (Lipinski definition) is 6. The van der Waals surface area contributed by atoms with E-state index in [-0.39, 0.29) is 11.8 Å². The van der Waals surface area contributed by atoms with Crippen molar-refractivity contribution in [3.63, 3.8) is 0 Å². The fourth-order valence-electron chi connectivity index (χ4n) is 5.86. The van der Waals surface area contributed by atoms with Crippen molar-refractivity contribution in [1.29, 1.82) is 0 Å². The van der Waals surface area contributed by atoms with Crippen molar-refractivity contribution >= 4 is 22.9 Å². The molecule has 2 aromatic heterocycles. The second kappa shape index (κ2) is 10.4. The van der Waals surface area contributed by atoms with Gasteiger partial charge < -0.3 is 19.7 Å². The van der Waals surface area contributed by atoms with E-state index < -0.39 is 0 Å². The zero-order valence-electron chi connectivity index (χ0n) is 20.1. The molecule has 2 fully saturated rings. The number of amides is 1. The molecule has 0 bridgehead atoms. The lowest BCUT2D eigenvalue weighted by Gasteiger charge is -2.32. The standard InChI is InChI=1S/C25H39N7O/c1-19-7-5-12-30(17-19)13-6-11-26-25(33)20-9-15-31(16-10-20)23-22-24(28-18-27-23)32-14-4-2-3-8-21(32)29-22/h18-20H,2-17H2,1H3,(H,26,33). The molecular formula is C25H39N7O. The number of likely N-dealkylation sites (tertiary alicyclic amines) is 1. The van der Waals surface area contributed by atoms with E-state index in [0.29, 0.717) is 0 Å². The Kier molecular flexibility index (Phi) is 7.09. The molecule has 0 spiro atoms. The Morgan fingerprint density at radius 1 is 1.06 bits per heavy atom. The maximum Gasteiger partial charge on any atom is 0.223 e. The van der Waals surface area contributed by atoms with Gasteiger partial charge in [-0.15, -0.1) is 0 Å². The maximum atomic E-state index is 12.7. The zero-order valence-corrected chi connectivity index (χ0v) is 20.1. The number of fused-ring (bicyclic) bond motifs is 3. The Hall–Kier alpha value is -2.22. The number of carbonyl (C=O) groups is 1. The molecule has 1 unspecified atom stereocenters. The first-order chi connectivity index (χ1) is 16.2. The van der Waals surface area contributed by atoms with Crippen LogP contribution < -0.4 is 10.2 Å². The number of anilines is 1. The van der Waals surface area contributed by atoms with Gasteiger partial charge in [-0.3, -0.25) is 4.79 Å². The number of carbonyl (C=O) groups excluding carboxylic acids is 1. The van der Waals surface area contributed by atoms with Gasteiger partial charge in [0.25, 0.3) is 0 Å². The van der Waals surface area contributed by atoms with E-state index in [1.807, 2.05) is 0 Å². The highest BCUT2D eigenvalue weighted by Gasteiger charge is 2.28. The Labute approximate surface area is 197 Å². The number of aryl methyl sites for hydroxylation is 2. The lowest BCUT2D eigenvalue weighted by molar-refractivity contribution is -0.125. The van der Waals surface area contributed by atoms with Crippen LogP contribution in [0.2, 0.25) is 0 Å². The van der Waals surface area contributed by atoms with Crippen molar-refractivity contribution < 1.29 is 4.79 Å². The Balaban J connectivity index is 1.12. The van der Waals surface area contributed by atoms with Gasteiger partial charge in [-0.25, -0.2) is 15.0 Å². The summed E-state index contributed by atoms with van der Waals surface area (Å²) in [4.78, 5) is 31.7. The van der Waals surface area contributed by atoms with Crippen molar-refractivity contribution in [2.24, 2.45) is 11.8 Å². The topological polar surface area (TPSA) is 79.2 Å². The van der Waals surface area contributed by atoms with E-state index >= 15 is 0 Å². The molecule has 2 aromatic rings. The van der Waals surface area contributed by atoms with E-state index in [1.165, 1.54) is 45.2 Å². The van der Waals surface area contributed by atoms with Crippen molar-refractivity contribution in [3.05, 3.63) is 12.2 Å². The molecule has 5 rings (SSSR count).